The maximum Gasteiger partial charge on any atom is 0.235 e. The molecule has 48 heavy (non-hydrogen) atoms. The molecule has 2 heteroatoms. The van der Waals surface area contributed by atoms with Crippen LogP contribution in [0.1, 0.15) is 77.9 Å². The van der Waals surface area contributed by atoms with Gasteiger partial charge in [0.15, 0.2) is 0 Å². The Morgan fingerprint density at radius 1 is 0.312 bits per heavy atom. The molecule has 5 aromatic carbocycles. The molecular weight excluding hydrogens is 574 g/mol. The van der Waals surface area contributed by atoms with Crippen LogP contribution in [0.25, 0.3) is 12.2 Å². The van der Waals surface area contributed by atoms with Crippen molar-refractivity contribution in [3.63, 3.8) is 0 Å². The van der Waals surface area contributed by atoms with Gasteiger partial charge in [-0.05, 0) is 94.2 Å². The van der Waals surface area contributed by atoms with Gasteiger partial charge in [0.25, 0.3) is 0 Å². The minimum atomic E-state index is 0.188. The highest BCUT2D eigenvalue weighted by Gasteiger charge is 2.25. The Labute approximate surface area is 292 Å². The first-order valence-electron chi connectivity index (χ1n) is 17.5. The number of rotatable bonds is 8. The first kappa shape index (κ1) is 35.0. The van der Waals surface area contributed by atoms with Crippen molar-refractivity contribution in [2.45, 2.75) is 83.1 Å². The molecule has 0 heterocycles. The van der Waals surface area contributed by atoms with Crippen molar-refractivity contribution < 1.29 is 0 Å². The standard InChI is InChI=1S/C46H52B2/c1-29-21-33(5)43(34(6)22-29)47(44-35(7)23-30(2)24-36(44)8)19-17-41-13-15-42(16-14-41)18-20-48(45-37(9)25-31(3)26-38(45)10)46-39(11)27-32(4)28-40(46)12/h13-28H,1-12H3/b19-17+,20-18+. The van der Waals surface area contributed by atoms with E-state index in [4.69, 9.17) is 0 Å². The van der Waals surface area contributed by atoms with Crippen LogP contribution in [0, 0.1) is 83.1 Å². The van der Waals surface area contributed by atoms with Crippen LogP contribution in [0.15, 0.2) is 84.7 Å². The molecule has 0 saturated heterocycles. The summed E-state index contributed by atoms with van der Waals surface area (Å²) in [6.07, 6.45) is 4.63. The van der Waals surface area contributed by atoms with Crippen molar-refractivity contribution >= 4 is 47.4 Å². The van der Waals surface area contributed by atoms with Gasteiger partial charge in [0.2, 0.25) is 13.4 Å². The summed E-state index contributed by atoms with van der Waals surface area (Å²) in [6, 6.07) is 27.7. The van der Waals surface area contributed by atoms with E-state index >= 15 is 0 Å². The van der Waals surface area contributed by atoms with Crippen molar-refractivity contribution in [3.05, 3.63) is 163 Å². The highest BCUT2D eigenvalue weighted by Crippen LogP contribution is 2.17. The molecule has 0 fully saturated rings. The molecular formula is C46H52B2. The molecule has 5 aromatic rings. The van der Waals surface area contributed by atoms with Crippen molar-refractivity contribution in [2.75, 3.05) is 0 Å². The summed E-state index contributed by atoms with van der Waals surface area (Å²) in [6.45, 7) is 27.3. The summed E-state index contributed by atoms with van der Waals surface area (Å²) in [4.78, 5) is 0. The number of benzene rings is 5. The quantitative estimate of drug-likeness (QED) is 0.151. The lowest BCUT2D eigenvalue weighted by Crippen LogP contribution is -2.46. The Bertz CT molecular complexity index is 1680. The third-order valence-corrected chi connectivity index (χ3v) is 10.1. The van der Waals surface area contributed by atoms with Gasteiger partial charge in [-0.2, -0.15) is 0 Å². The molecule has 0 radical (unpaired) electrons. The summed E-state index contributed by atoms with van der Waals surface area (Å²) in [7, 11) is 0. The van der Waals surface area contributed by atoms with E-state index in [1.54, 1.807) is 0 Å². The first-order chi connectivity index (χ1) is 22.7. The molecule has 5 rings (SSSR count). The molecule has 0 aliphatic heterocycles. The summed E-state index contributed by atoms with van der Waals surface area (Å²) >= 11 is 0. The summed E-state index contributed by atoms with van der Waals surface area (Å²) < 4.78 is 0. The highest BCUT2D eigenvalue weighted by molar-refractivity contribution is 6.91. The van der Waals surface area contributed by atoms with Crippen LogP contribution in [-0.4, -0.2) is 13.4 Å². The van der Waals surface area contributed by atoms with Crippen LogP contribution in [-0.2, 0) is 0 Å². The van der Waals surface area contributed by atoms with Gasteiger partial charge in [0.05, 0.1) is 0 Å². The molecule has 0 nitrogen and oxygen atoms in total. The fourth-order valence-corrected chi connectivity index (χ4v) is 8.53. The second-order valence-electron chi connectivity index (χ2n) is 14.6. The second kappa shape index (κ2) is 14.4. The molecule has 0 atom stereocenters. The normalized spacial score (nSPS) is 11.6. The Morgan fingerprint density at radius 2 is 0.500 bits per heavy atom. The topological polar surface area (TPSA) is 0 Å². The van der Waals surface area contributed by atoms with Gasteiger partial charge in [-0.3, -0.25) is 0 Å². The smallest absolute Gasteiger partial charge is 0.105 e. The van der Waals surface area contributed by atoms with Crippen molar-refractivity contribution in [1.29, 1.82) is 0 Å². The van der Waals surface area contributed by atoms with Crippen LogP contribution < -0.4 is 21.9 Å². The van der Waals surface area contributed by atoms with E-state index < -0.39 is 0 Å². The van der Waals surface area contributed by atoms with E-state index in [0.717, 1.165) is 0 Å². The Balaban J connectivity index is 1.52. The lowest BCUT2D eigenvalue weighted by Gasteiger charge is -2.22. The third kappa shape index (κ3) is 7.55. The predicted octanol–water partition coefficient (Wildman–Crippen LogP) is 9.11. The minimum absolute atomic E-state index is 0.188. The molecule has 0 aliphatic rings. The van der Waals surface area contributed by atoms with Gasteiger partial charge in [-0.15, -0.1) is 12.0 Å². The number of aryl methyl sites for hydroxylation is 12. The van der Waals surface area contributed by atoms with E-state index in [1.807, 2.05) is 0 Å². The molecule has 0 bridgehead atoms. The van der Waals surface area contributed by atoms with Crippen LogP contribution in [0.4, 0.5) is 0 Å². The minimum Gasteiger partial charge on any atom is -0.105 e. The van der Waals surface area contributed by atoms with E-state index in [2.05, 4.69) is 180 Å². The summed E-state index contributed by atoms with van der Waals surface area (Å²) in [5.74, 6) is 4.84. The molecule has 0 aromatic heterocycles. The van der Waals surface area contributed by atoms with E-state index in [9.17, 15) is 0 Å². The SMILES string of the molecule is Cc1cc(C)c(B(/C=C/c2ccc(/C=C/B(c3c(C)cc(C)cc3C)c3c(C)cc(C)cc3C)cc2)c2c(C)cc(C)cc2C)c(C)c1. The second-order valence-corrected chi connectivity index (χ2v) is 14.6. The van der Waals surface area contributed by atoms with Gasteiger partial charge in [0, 0.05) is 0 Å². The maximum atomic E-state index is 2.42. The summed E-state index contributed by atoms with van der Waals surface area (Å²) in [5, 5.41) is 0. The zero-order chi connectivity index (χ0) is 34.9. The molecule has 0 saturated carbocycles. The van der Waals surface area contributed by atoms with Gasteiger partial charge in [-0.1, -0.05) is 174 Å². The van der Waals surface area contributed by atoms with Gasteiger partial charge in [-0.25, -0.2) is 0 Å². The van der Waals surface area contributed by atoms with Crippen molar-refractivity contribution in [1.82, 2.24) is 0 Å². The predicted molar refractivity (Wildman–Crippen MR) is 217 cm³/mol. The number of hydrogen-bond acceptors (Lipinski definition) is 0. The molecule has 242 valence electrons. The molecule has 0 aliphatic carbocycles. The average Bonchev–Trinajstić information content (AvgIpc) is 2.96. The first-order valence-corrected chi connectivity index (χ1v) is 17.5. The monoisotopic (exact) mass is 626 g/mol. The van der Waals surface area contributed by atoms with Crippen molar-refractivity contribution in [2.24, 2.45) is 0 Å². The summed E-state index contributed by atoms with van der Waals surface area (Å²) in [5.41, 5.74) is 24.2. The van der Waals surface area contributed by atoms with Gasteiger partial charge < -0.3 is 0 Å². The third-order valence-electron chi connectivity index (χ3n) is 10.1. The number of hydrogen-bond donors (Lipinski definition) is 0. The maximum absolute atomic E-state index is 2.42. The van der Waals surface area contributed by atoms with Crippen LogP contribution in [0.2, 0.25) is 0 Å². The van der Waals surface area contributed by atoms with E-state index in [0.29, 0.717) is 0 Å². The highest BCUT2D eigenvalue weighted by atomic mass is 14.1. The fraction of sp³-hybridized carbons (Fsp3) is 0.261. The average molecular weight is 627 g/mol. The van der Waals surface area contributed by atoms with Gasteiger partial charge >= 0.3 is 0 Å². The van der Waals surface area contributed by atoms with Crippen LogP contribution >= 0.6 is 0 Å². The van der Waals surface area contributed by atoms with Crippen molar-refractivity contribution in [3.8, 4) is 0 Å². The largest absolute Gasteiger partial charge is 0.235 e. The van der Waals surface area contributed by atoms with Crippen LogP contribution in [0.3, 0.4) is 0 Å². The Morgan fingerprint density at radius 3 is 0.688 bits per heavy atom. The molecule has 0 amide bonds. The lowest BCUT2D eigenvalue weighted by atomic mass is 9.37. The molecule has 0 N–H and O–H groups in total. The van der Waals surface area contributed by atoms with Crippen LogP contribution in [0.5, 0.6) is 0 Å². The lowest BCUT2D eigenvalue weighted by molar-refractivity contribution is 1.34. The van der Waals surface area contributed by atoms with E-state index in [-0.39, 0.29) is 13.4 Å². The Kier molecular flexibility index (Phi) is 10.5. The van der Waals surface area contributed by atoms with Gasteiger partial charge in [0.1, 0.15) is 0 Å². The van der Waals surface area contributed by atoms with E-state index in [1.165, 1.54) is 99.7 Å². The Hall–Kier alpha value is -4.29. The molecule has 0 spiro atoms. The fourth-order valence-electron chi connectivity index (χ4n) is 8.53. The molecule has 0 unspecified atom stereocenters. The zero-order valence-electron chi connectivity index (χ0n) is 31.4. The zero-order valence-corrected chi connectivity index (χ0v) is 31.4.